The van der Waals surface area contributed by atoms with Crippen molar-refractivity contribution in [2.75, 3.05) is 13.7 Å². The highest BCUT2D eigenvalue weighted by Gasteiger charge is 2.06. The van der Waals surface area contributed by atoms with Crippen molar-refractivity contribution in [3.63, 3.8) is 0 Å². The first-order chi connectivity index (χ1) is 9.22. The van der Waals surface area contributed by atoms with E-state index in [1.807, 2.05) is 35.3 Å². The zero-order chi connectivity index (χ0) is 13.7. The van der Waals surface area contributed by atoms with E-state index >= 15 is 0 Å². The smallest absolute Gasteiger partial charge is 0.123 e. The Kier molecular flexibility index (Phi) is 4.82. The Morgan fingerprint density at radius 1 is 1.42 bits per heavy atom. The SMILES string of the molecule is CCNCc1cn(Cc2cc(Cl)ccc2OC)cn1. The highest BCUT2D eigenvalue weighted by molar-refractivity contribution is 6.30. The minimum atomic E-state index is 0.697. The molecule has 1 N–H and O–H groups in total. The molecule has 0 amide bonds. The monoisotopic (exact) mass is 279 g/mol. The molecule has 0 radical (unpaired) electrons. The normalized spacial score (nSPS) is 10.7. The molecule has 1 aromatic heterocycles. The quantitative estimate of drug-likeness (QED) is 0.884. The fourth-order valence-electron chi connectivity index (χ4n) is 1.90. The van der Waals surface area contributed by atoms with E-state index in [4.69, 9.17) is 16.3 Å². The van der Waals surface area contributed by atoms with Gasteiger partial charge in [-0.1, -0.05) is 18.5 Å². The number of hydrogen-bond acceptors (Lipinski definition) is 3. The van der Waals surface area contributed by atoms with E-state index in [2.05, 4.69) is 17.2 Å². The van der Waals surface area contributed by atoms with E-state index < -0.39 is 0 Å². The van der Waals surface area contributed by atoms with Crippen LogP contribution in [0.5, 0.6) is 5.75 Å². The Morgan fingerprint density at radius 3 is 3.00 bits per heavy atom. The van der Waals surface area contributed by atoms with Crippen molar-refractivity contribution in [3.05, 3.63) is 47.0 Å². The number of ether oxygens (including phenoxy) is 1. The van der Waals surface area contributed by atoms with Crippen LogP contribution < -0.4 is 10.1 Å². The lowest BCUT2D eigenvalue weighted by molar-refractivity contribution is 0.408. The van der Waals surface area contributed by atoms with Crippen LogP contribution in [0.3, 0.4) is 0 Å². The number of imidazole rings is 1. The van der Waals surface area contributed by atoms with Crippen molar-refractivity contribution in [2.45, 2.75) is 20.0 Å². The summed E-state index contributed by atoms with van der Waals surface area (Å²) in [7, 11) is 1.66. The molecule has 19 heavy (non-hydrogen) atoms. The minimum Gasteiger partial charge on any atom is -0.496 e. The second-order valence-corrected chi connectivity index (χ2v) is 4.71. The summed E-state index contributed by atoms with van der Waals surface area (Å²) in [4.78, 5) is 4.35. The summed E-state index contributed by atoms with van der Waals surface area (Å²) in [5.74, 6) is 0.839. The van der Waals surface area contributed by atoms with Crippen LogP contribution in [0.1, 0.15) is 18.2 Å². The summed E-state index contributed by atoms with van der Waals surface area (Å²) >= 11 is 6.02. The first kappa shape index (κ1) is 13.9. The number of hydrogen-bond donors (Lipinski definition) is 1. The molecule has 0 atom stereocenters. The Bertz CT molecular complexity index is 539. The van der Waals surface area contributed by atoms with Gasteiger partial charge >= 0.3 is 0 Å². The fraction of sp³-hybridized carbons (Fsp3) is 0.357. The van der Waals surface area contributed by atoms with Crippen molar-refractivity contribution in [1.82, 2.24) is 14.9 Å². The molecule has 0 spiro atoms. The van der Waals surface area contributed by atoms with Crippen LogP contribution in [0.25, 0.3) is 0 Å². The van der Waals surface area contributed by atoms with E-state index in [0.29, 0.717) is 11.6 Å². The molecule has 4 nitrogen and oxygen atoms in total. The molecule has 5 heteroatoms. The van der Waals surface area contributed by atoms with Crippen LogP contribution in [0.2, 0.25) is 5.02 Å². The van der Waals surface area contributed by atoms with Crippen molar-refractivity contribution in [3.8, 4) is 5.75 Å². The summed E-state index contributed by atoms with van der Waals surface area (Å²) in [6, 6.07) is 5.63. The van der Waals surface area contributed by atoms with Crippen LogP contribution in [0, 0.1) is 0 Å². The van der Waals surface area contributed by atoms with Gasteiger partial charge in [-0.25, -0.2) is 4.98 Å². The third kappa shape index (κ3) is 3.72. The van der Waals surface area contributed by atoms with Gasteiger partial charge in [0.25, 0.3) is 0 Å². The summed E-state index contributed by atoms with van der Waals surface area (Å²) in [6.07, 6.45) is 3.86. The molecule has 0 bridgehead atoms. The van der Waals surface area contributed by atoms with Crippen LogP contribution in [-0.4, -0.2) is 23.2 Å². The number of aromatic nitrogens is 2. The van der Waals surface area contributed by atoms with E-state index in [0.717, 1.165) is 30.1 Å². The lowest BCUT2D eigenvalue weighted by Gasteiger charge is -2.09. The molecule has 0 aliphatic rings. The first-order valence-electron chi connectivity index (χ1n) is 6.26. The summed E-state index contributed by atoms with van der Waals surface area (Å²) < 4.78 is 7.37. The van der Waals surface area contributed by atoms with E-state index in [-0.39, 0.29) is 0 Å². The van der Waals surface area contributed by atoms with Crippen molar-refractivity contribution in [2.24, 2.45) is 0 Å². The predicted octanol–water partition coefficient (Wildman–Crippen LogP) is 2.70. The number of rotatable bonds is 6. The second-order valence-electron chi connectivity index (χ2n) is 4.27. The number of nitrogens with one attached hydrogen (secondary N) is 1. The van der Waals surface area contributed by atoms with Gasteiger partial charge in [0.05, 0.1) is 25.7 Å². The molecular formula is C14H18ClN3O. The summed E-state index contributed by atoms with van der Waals surface area (Å²) in [5, 5.41) is 3.96. The number of benzene rings is 1. The van der Waals surface area contributed by atoms with Gasteiger partial charge < -0.3 is 14.6 Å². The van der Waals surface area contributed by atoms with Crippen molar-refractivity contribution < 1.29 is 4.74 Å². The molecule has 0 aliphatic heterocycles. The van der Waals surface area contributed by atoms with Gasteiger partial charge in [0.2, 0.25) is 0 Å². The van der Waals surface area contributed by atoms with Crippen LogP contribution in [0.4, 0.5) is 0 Å². The van der Waals surface area contributed by atoms with Crippen LogP contribution in [-0.2, 0) is 13.1 Å². The molecule has 0 unspecified atom stereocenters. The molecule has 102 valence electrons. The van der Waals surface area contributed by atoms with E-state index in [9.17, 15) is 0 Å². The van der Waals surface area contributed by atoms with E-state index in [1.54, 1.807) is 7.11 Å². The second kappa shape index (κ2) is 6.59. The van der Waals surface area contributed by atoms with Crippen LogP contribution >= 0.6 is 11.6 Å². The molecular weight excluding hydrogens is 262 g/mol. The number of nitrogens with zero attached hydrogens (tertiary/aromatic N) is 2. The molecule has 0 aliphatic carbocycles. The van der Waals surface area contributed by atoms with Gasteiger partial charge in [-0.2, -0.15) is 0 Å². The maximum Gasteiger partial charge on any atom is 0.123 e. The van der Waals surface area contributed by atoms with Gasteiger partial charge in [-0.15, -0.1) is 0 Å². The zero-order valence-corrected chi connectivity index (χ0v) is 11.9. The number of halogens is 1. The van der Waals surface area contributed by atoms with Gasteiger partial charge in [0.1, 0.15) is 5.75 Å². The summed E-state index contributed by atoms with van der Waals surface area (Å²) in [6.45, 7) is 4.50. The van der Waals surface area contributed by atoms with Gasteiger partial charge in [0.15, 0.2) is 0 Å². The lowest BCUT2D eigenvalue weighted by Crippen LogP contribution is -2.11. The molecule has 2 rings (SSSR count). The third-order valence-electron chi connectivity index (χ3n) is 2.84. The minimum absolute atomic E-state index is 0.697. The Hall–Kier alpha value is -1.52. The molecule has 0 fully saturated rings. The number of methoxy groups -OCH3 is 1. The van der Waals surface area contributed by atoms with E-state index in [1.165, 1.54) is 0 Å². The first-order valence-corrected chi connectivity index (χ1v) is 6.64. The maximum absolute atomic E-state index is 6.02. The highest BCUT2D eigenvalue weighted by atomic mass is 35.5. The predicted molar refractivity (Wildman–Crippen MR) is 76.7 cm³/mol. The zero-order valence-electron chi connectivity index (χ0n) is 11.2. The van der Waals surface area contributed by atoms with Crippen molar-refractivity contribution >= 4 is 11.6 Å². The third-order valence-corrected chi connectivity index (χ3v) is 3.07. The Labute approximate surface area is 118 Å². The van der Waals surface area contributed by atoms with Crippen LogP contribution in [0.15, 0.2) is 30.7 Å². The standard InChI is InChI=1S/C14H18ClN3O/c1-3-16-7-13-9-18(10-17-13)8-11-6-12(15)4-5-14(11)19-2/h4-6,9-10,16H,3,7-8H2,1-2H3. The lowest BCUT2D eigenvalue weighted by atomic mass is 10.2. The summed E-state index contributed by atoms with van der Waals surface area (Å²) in [5.41, 5.74) is 2.07. The Morgan fingerprint density at radius 2 is 2.26 bits per heavy atom. The molecule has 1 aromatic carbocycles. The van der Waals surface area contributed by atoms with Gasteiger partial charge in [0, 0.05) is 23.3 Å². The maximum atomic E-state index is 6.02. The van der Waals surface area contributed by atoms with Crippen molar-refractivity contribution in [1.29, 1.82) is 0 Å². The molecule has 0 saturated heterocycles. The average molecular weight is 280 g/mol. The Balaban J connectivity index is 2.12. The largest absolute Gasteiger partial charge is 0.496 e. The molecule has 1 heterocycles. The topological polar surface area (TPSA) is 39.1 Å². The average Bonchev–Trinajstić information content (AvgIpc) is 2.84. The fourth-order valence-corrected chi connectivity index (χ4v) is 2.10. The molecule has 0 saturated carbocycles. The van der Waals surface area contributed by atoms with Gasteiger partial charge in [-0.05, 0) is 24.7 Å². The highest BCUT2D eigenvalue weighted by Crippen LogP contribution is 2.23. The molecule has 2 aromatic rings. The van der Waals surface area contributed by atoms with Gasteiger partial charge in [-0.3, -0.25) is 0 Å².